The van der Waals surface area contributed by atoms with Crippen LogP contribution in [0.5, 0.6) is 0 Å². The molecule has 0 fully saturated rings. The predicted molar refractivity (Wildman–Crippen MR) is 290 cm³/mol. The molecular formula is C58H51Cl2N3P2Ru+4. The summed E-state index contributed by atoms with van der Waals surface area (Å²) in [6, 6.07) is 90.9. The second kappa shape index (κ2) is 23.8. The molecule has 0 saturated heterocycles. The number of benzene rings is 10. The first kappa shape index (κ1) is 47.0. The third-order valence-electron chi connectivity index (χ3n) is 11.7. The Hall–Kier alpha value is -5.50. The Kier molecular flexibility index (Phi) is 17.0. The molecule has 0 aromatic heterocycles. The van der Waals surface area contributed by atoms with E-state index in [1.165, 1.54) is 64.7 Å². The van der Waals surface area contributed by atoms with Gasteiger partial charge in [0.25, 0.3) is 0 Å². The zero-order chi connectivity index (χ0) is 45.5. The van der Waals surface area contributed by atoms with Crippen molar-refractivity contribution in [1.29, 1.82) is 0 Å². The molecule has 0 aliphatic carbocycles. The van der Waals surface area contributed by atoms with Crippen molar-refractivity contribution in [3.05, 3.63) is 266 Å². The predicted octanol–water partition coefficient (Wildman–Crippen LogP) is 12.5. The van der Waals surface area contributed by atoms with Crippen LogP contribution in [0.25, 0.3) is 21.5 Å². The summed E-state index contributed by atoms with van der Waals surface area (Å²) in [5.74, 6) is 0. The van der Waals surface area contributed by atoms with Crippen LogP contribution >= 0.6 is 35.2 Å². The zero-order valence-corrected chi connectivity index (χ0v) is 41.4. The summed E-state index contributed by atoms with van der Waals surface area (Å²) >= 11 is -0.346. The maximum Gasteiger partial charge on any atom is 0.126 e. The Morgan fingerprint density at radius 1 is 0.333 bits per heavy atom. The number of fused-ring (bicyclic) bond motifs is 2. The normalized spacial score (nSPS) is 11.8. The van der Waals surface area contributed by atoms with Crippen LogP contribution in [0.1, 0.15) is 23.2 Å². The van der Waals surface area contributed by atoms with E-state index in [2.05, 4.69) is 199 Å². The molecule has 0 aliphatic rings. The van der Waals surface area contributed by atoms with Gasteiger partial charge in [0.1, 0.15) is 47.7 Å². The van der Waals surface area contributed by atoms with E-state index < -0.39 is 15.8 Å². The van der Waals surface area contributed by atoms with Crippen molar-refractivity contribution < 1.29 is 15.1 Å². The molecule has 5 N–H and O–H groups in total. The maximum atomic E-state index is 6.15. The van der Waals surface area contributed by atoms with E-state index in [4.69, 9.17) is 30.8 Å². The van der Waals surface area contributed by atoms with Crippen LogP contribution in [-0.2, 0) is 15.1 Å². The first-order valence-electron chi connectivity index (χ1n) is 21.8. The van der Waals surface area contributed by atoms with Gasteiger partial charge in [0, 0.05) is 22.9 Å². The minimum absolute atomic E-state index is 0.163. The van der Waals surface area contributed by atoms with E-state index >= 15 is 0 Å². The van der Waals surface area contributed by atoms with Crippen LogP contribution in [0.4, 0.5) is 11.4 Å². The third kappa shape index (κ3) is 11.4. The topological polar surface area (TPSA) is 64.1 Å². The molecular weight excluding hydrogens is 973 g/mol. The molecule has 0 saturated carbocycles. The van der Waals surface area contributed by atoms with Crippen LogP contribution in [0.2, 0.25) is 0 Å². The Balaban J connectivity index is 0.000000261. The number of hydrogen-bond acceptors (Lipinski definition) is 3. The van der Waals surface area contributed by atoms with Gasteiger partial charge in [0.05, 0.1) is 11.4 Å². The molecule has 0 amide bonds. The molecule has 0 aliphatic heterocycles. The van der Waals surface area contributed by atoms with Gasteiger partial charge in [-0.3, -0.25) is 0 Å². The molecule has 3 nitrogen and oxygen atoms in total. The van der Waals surface area contributed by atoms with Crippen molar-refractivity contribution in [3.8, 4) is 0 Å². The molecule has 2 unspecified atom stereocenters. The van der Waals surface area contributed by atoms with E-state index in [0.717, 1.165) is 11.1 Å². The maximum absolute atomic E-state index is 6.15. The van der Waals surface area contributed by atoms with Crippen molar-refractivity contribution >= 4 is 100.0 Å². The smallest absolute Gasteiger partial charge is 0.126 e. The fourth-order valence-corrected chi connectivity index (χ4v) is 13.9. The van der Waals surface area contributed by atoms with Crippen LogP contribution in [0.3, 0.4) is 0 Å². The van der Waals surface area contributed by atoms with Gasteiger partial charge in [-0.2, -0.15) is 0 Å². The van der Waals surface area contributed by atoms with Gasteiger partial charge in [0.2, 0.25) is 0 Å². The van der Waals surface area contributed by atoms with Crippen molar-refractivity contribution in [3.63, 3.8) is 0 Å². The van der Waals surface area contributed by atoms with Gasteiger partial charge in [0.15, 0.2) is 0 Å². The molecule has 10 aromatic rings. The third-order valence-corrected chi connectivity index (χ3v) is 17.2. The number of nitrogens with two attached hydrogens (primary N) is 2. The molecule has 0 heterocycles. The molecule has 2 atom stereocenters. The molecule has 0 bridgehead atoms. The summed E-state index contributed by atoms with van der Waals surface area (Å²) in [6.07, 6.45) is 0. The first-order valence-corrected chi connectivity index (χ1v) is 29.3. The fraction of sp³-hybridized carbons (Fsp3) is 0.0345. The number of anilines is 2. The number of hydrogen-bond donors (Lipinski definition) is 3. The molecule has 66 heavy (non-hydrogen) atoms. The van der Waals surface area contributed by atoms with Crippen molar-refractivity contribution in [2.45, 2.75) is 12.1 Å². The van der Waals surface area contributed by atoms with Crippen molar-refractivity contribution in [1.82, 2.24) is 0 Å². The van der Waals surface area contributed by atoms with Gasteiger partial charge in [-0.15, -0.1) is 0 Å². The molecule has 10 rings (SSSR count). The molecule has 326 valence electrons. The Labute approximate surface area is 407 Å². The summed E-state index contributed by atoms with van der Waals surface area (Å²) in [5.41, 5.74) is 16.8. The second-order valence-electron chi connectivity index (χ2n) is 15.7. The van der Waals surface area contributed by atoms with Crippen LogP contribution in [0, 0.1) is 0 Å². The summed E-state index contributed by atoms with van der Waals surface area (Å²) in [6.45, 7) is 0. The van der Waals surface area contributed by atoms with Crippen LogP contribution in [0.15, 0.2) is 255 Å². The summed E-state index contributed by atoms with van der Waals surface area (Å²) in [4.78, 5) is 0. The molecule has 0 radical (unpaired) electrons. The van der Waals surface area contributed by atoms with Gasteiger partial charge in [-0.1, -0.05) is 194 Å². The molecule has 8 heteroatoms. The number of nitrogens with one attached hydrogen (secondary N) is 1. The Morgan fingerprint density at radius 2 is 0.591 bits per heavy atom. The number of rotatable bonds is 11. The van der Waals surface area contributed by atoms with Crippen LogP contribution < -0.4 is 48.6 Å². The monoisotopic (exact) mass is 1020 g/mol. The minimum atomic E-state index is -1.36. The van der Waals surface area contributed by atoms with E-state index in [1.807, 2.05) is 60.7 Å². The standard InChI is InChI=1S/C44H33NP2.C14H16N2.2ClH.Ru/c1-5-19-35(20-6-1)46(36-21-7-2-8-22-36)41-31-29-33-17-13-15-27-39(33)43(41)45-44-40-28-16-14-18-34(40)30-32-42(44)47(37-23-9-3-10-24-37)38-25-11-4-12-26-38;15-13(11-7-3-1-4-8-11)14(16)12-9-5-2-6-10-12;;;/h1-32,45H;1-10,13-14H,15-16H2;2*1H;/q;;;;+4. The molecule has 10 aromatic carbocycles. The van der Waals surface area contributed by atoms with Gasteiger partial charge >= 0.3 is 34.5 Å². The summed E-state index contributed by atoms with van der Waals surface area (Å²) in [5, 5.41) is 17.4. The Morgan fingerprint density at radius 3 is 0.894 bits per heavy atom. The Bertz CT molecular complexity index is 2760. The van der Waals surface area contributed by atoms with Gasteiger partial charge in [-0.05, 0) is 82.6 Å². The van der Waals surface area contributed by atoms with Gasteiger partial charge in [-0.25, -0.2) is 0 Å². The van der Waals surface area contributed by atoms with E-state index in [0.29, 0.717) is 0 Å². The van der Waals surface area contributed by atoms with Crippen molar-refractivity contribution in [2.75, 3.05) is 5.32 Å². The SMILES string of the molecule is NC(c1ccccc1)C(N)c1ccccc1.[Cl][Ru+2][Cl].c1ccc([PH+](c2ccccc2)c2ccc3ccccc3c2Nc2c([PH+](c3ccccc3)c3ccccc3)ccc3ccccc23)cc1. The van der Waals surface area contributed by atoms with E-state index in [-0.39, 0.29) is 27.2 Å². The van der Waals surface area contributed by atoms with Gasteiger partial charge < -0.3 is 16.8 Å². The van der Waals surface area contributed by atoms with Crippen molar-refractivity contribution in [2.24, 2.45) is 11.5 Å². The fourth-order valence-electron chi connectivity index (χ4n) is 8.49. The largest absolute Gasteiger partial charge is 0.348 e. The average molecular weight is 1020 g/mol. The van der Waals surface area contributed by atoms with Crippen LogP contribution in [-0.4, -0.2) is 0 Å². The average Bonchev–Trinajstić information content (AvgIpc) is 3.39. The summed E-state index contributed by atoms with van der Waals surface area (Å²) in [7, 11) is 6.99. The zero-order valence-electron chi connectivity index (χ0n) is 36.2. The first-order chi connectivity index (χ1) is 32.6. The number of halogens is 2. The van der Waals surface area contributed by atoms with E-state index in [1.54, 1.807) is 0 Å². The van der Waals surface area contributed by atoms with E-state index in [9.17, 15) is 0 Å². The molecule has 0 spiro atoms. The summed E-state index contributed by atoms with van der Waals surface area (Å²) < 4.78 is 0. The minimum Gasteiger partial charge on any atom is -0.348 e. The second-order valence-corrected chi connectivity index (χ2v) is 23.2. The quantitative estimate of drug-likeness (QED) is 0.0893.